The minimum Gasteiger partial charge on any atom is -0.465 e. The van der Waals surface area contributed by atoms with E-state index in [0.29, 0.717) is 19.4 Å². The highest BCUT2D eigenvalue weighted by atomic mass is 19.3. The van der Waals surface area contributed by atoms with Crippen LogP contribution in [0.3, 0.4) is 0 Å². The minimum absolute atomic E-state index is 0.0349. The fourth-order valence-corrected chi connectivity index (χ4v) is 4.92. The molecule has 0 radical (unpaired) electrons. The van der Waals surface area contributed by atoms with Crippen LogP contribution in [0.4, 0.5) is 13.6 Å². The fraction of sp³-hybridized carbons (Fsp3) is 0.778. The Hall–Kier alpha value is -3.36. The molecule has 0 saturated carbocycles. The van der Waals surface area contributed by atoms with Gasteiger partial charge in [0.15, 0.2) is 0 Å². The quantitative estimate of drug-likeness (QED) is 0.108. The third-order valence-corrected chi connectivity index (χ3v) is 7.34. The summed E-state index contributed by atoms with van der Waals surface area (Å²) in [5.41, 5.74) is 0. The van der Waals surface area contributed by atoms with Crippen molar-refractivity contribution in [2.24, 2.45) is 11.8 Å². The summed E-state index contributed by atoms with van der Waals surface area (Å²) in [4.78, 5) is 77.4. The van der Waals surface area contributed by atoms with Crippen LogP contribution in [0.1, 0.15) is 65.7 Å². The SMILES string of the molecule is CCCCNC(=O)C(=O)[C@H](C[C@@H]1CCNC1=O)NC(=O)[C@H](CC(C)C)NC(=O)[C@H](CN1CCC(F)(F)CC1)NC(=O)O. The molecule has 4 atom stereocenters. The molecule has 42 heavy (non-hydrogen) atoms. The van der Waals surface area contributed by atoms with Gasteiger partial charge in [-0.05, 0) is 31.6 Å². The van der Waals surface area contributed by atoms with Crippen LogP contribution in [0.5, 0.6) is 0 Å². The Kier molecular flexibility index (Phi) is 13.5. The molecule has 2 aliphatic rings. The van der Waals surface area contributed by atoms with Crippen molar-refractivity contribution in [2.75, 3.05) is 32.7 Å². The number of ketones is 1. The predicted molar refractivity (Wildman–Crippen MR) is 148 cm³/mol. The largest absolute Gasteiger partial charge is 0.465 e. The molecule has 0 unspecified atom stereocenters. The second-order valence-electron chi connectivity index (χ2n) is 11.4. The second-order valence-corrected chi connectivity index (χ2v) is 11.4. The molecule has 0 spiro atoms. The van der Waals surface area contributed by atoms with Crippen molar-refractivity contribution in [1.29, 1.82) is 0 Å². The van der Waals surface area contributed by atoms with Crippen molar-refractivity contribution in [3.63, 3.8) is 0 Å². The Morgan fingerprint density at radius 1 is 1.02 bits per heavy atom. The summed E-state index contributed by atoms with van der Waals surface area (Å²) < 4.78 is 27.1. The number of carbonyl (C=O) groups excluding carboxylic acids is 5. The van der Waals surface area contributed by atoms with E-state index in [-0.39, 0.29) is 50.8 Å². The highest BCUT2D eigenvalue weighted by Gasteiger charge is 2.38. The Balaban J connectivity index is 2.18. The zero-order valence-electron chi connectivity index (χ0n) is 24.5. The van der Waals surface area contributed by atoms with Crippen LogP contribution < -0.4 is 26.6 Å². The molecule has 2 heterocycles. The maximum absolute atomic E-state index is 13.6. The summed E-state index contributed by atoms with van der Waals surface area (Å²) in [6, 6.07) is -3.90. The third kappa shape index (κ3) is 11.5. The number of amides is 5. The first-order valence-electron chi connectivity index (χ1n) is 14.5. The number of hydrogen-bond donors (Lipinski definition) is 6. The van der Waals surface area contributed by atoms with Crippen LogP contribution in [-0.4, -0.2) is 102 Å². The molecular formula is C27H44F2N6O7. The number of Topliss-reactive ketones (excluding diaryl/α,β-unsaturated/α-hetero) is 1. The number of carboxylic acid groups (broad SMARTS) is 1. The smallest absolute Gasteiger partial charge is 0.405 e. The van der Waals surface area contributed by atoms with Crippen LogP contribution in [0.15, 0.2) is 0 Å². The van der Waals surface area contributed by atoms with Crippen molar-refractivity contribution in [2.45, 2.75) is 89.8 Å². The molecule has 0 aromatic carbocycles. The molecule has 238 valence electrons. The summed E-state index contributed by atoms with van der Waals surface area (Å²) >= 11 is 0. The maximum Gasteiger partial charge on any atom is 0.405 e. The summed E-state index contributed by atoms with van der Waals surface area (Å²) in [6.45, 7) is 5.92. The summed E-state index contributed by atoms with van der Waals surface area (Å²) in [5, 5.41) is 21.6. The number of nitrogens with one attached hydrogen (secondary N) is 5. The highest BCUT2D eigenvalue weighted by molar-refractivity contribution is 6.38. The Bertz CT molecular complexity index is 986. The summed E-state index contributed by atoms with van der Waals surface area (Å²) in [5.74, 6) is -7.26. The van der Waals surface area contributed by atoms with Crippen LogP contribution in [0, 0.1) is 11.8 Å². The molecule has 15 heteroatoms. The van der Waals surface area contributed by atoms with Crippen LogP contribution in [0.2, 0.25) is 0 Å². The number of likely N-dealkylation sites (tertiary alicyclic amines) is 1. The molecule has 0 aromatic rings. The molecule has 0 aliphatic carbocycles. The third-order valence-electron chi connectivity index (χ3n) is 7.34. The molecule has 6 N–H and O–H groups in total. The van der Waals surface area contributed by atoms with Gasteiger partial charge < -0.3 is 36.6 Å². The second kappa shape index (κ2) is 16.3. The standard InChI is InChI=1S/C27H44F2N6O7/c1-4-5-9-30-25(40)21(36)18(14-17-6-10-31-22(17)37)32-23(38)19(13-16(2)3)33-24(39)20(34-26(41)42)15-35-11-7-27(28,29)8-12-35/h16-20,34H,4-15H2,1-3H3,(H,30,40)(H,31,37)(H,32,38)(H,33,39)(H,41,42)/t17-,18-,19-,20-/m0/s1. The lowest BCUT2D eigenvalue weighted by Gasteiger charge is -2.34. The fourth-order valence-electron chi connectivity index (χ4n) is 4.92. The van der Waals surface area contributed by atoms with Crippen molar-refractivity contribution in [1.82, 2.24) is 31.5 Å². The average Bonchev–Trinajstić information content (AvgIpc) is 3.31. The minimum atomic E-state index is -2.82. The number of carbonyl (C=O) groups is 6. The molecule has 2 fully saturated rings. The number of hydrogen-bond acceptors (Lipinski definition) is 7. The predicted octanol–water partition coefficient (Wildman–Crippen LogP) is 0.381. The summed E-state index contributed by atoms with van der Waals surface area (Å²) in [6.07, 6.45) is -0.487. The number of rotatable bonds is 16. The van der Waals surface area contributed by atoms with Gasteiger partial charge in [0.25, 0.3) is 11.8 Å². The van der Waals surface area contributed by atoms with Crippen molar-refractivity contribution < 1.29 is 42.7 Å². The van der Waals surface area contributed by atoms with E-state index in [1.54, 1.807) is 18.7 Å². The molecule has 13 nitrogen and oxygen atoms in total. The first-order chi connectivity index (χ1) is 19.7. The van der Waals surface area contributed by atoms with E-state index in [0.717, 1.165) is 6.42 Å². The molecule has 0 bridgehead atoms. The van der Waals surface area contributed by atoms with Gasteiger partial charge >= 0.3 is 6.09 Å². The van der Waals surface area contributed by atoms with E-state index in [1.165, 1.54) is 0 Å². The van der Waals surface area contributed by atoms with Crippen molar-refractivity contribution in [3.05, 3.63) is 0 Å². The topological polar surface area (TPSA) is 186 Å². The zero-order chi connectivity index (χ0) is 31.4. The van der Waals surface area contributed by atoms with Gasteiger partial charge in [0.05, 0.1) is 6.04 Å². The normalized spacial score (nSPS) is 20.6. The van der Waals surface area contributed by atoms with Crippen LogP contribution in [-0.2, 0) is 24.0 Å². The molecule has 2 aliphatic heterocycles. The van der Waals surface area contributed by atoms with Gasteiger partial charge in [-0.15, -0.1) is 0 Å². The number of alkyl halides is 2. The van der Waals surface area contributed by atoms with Crippen molar-refractivity contribution in [3.8, 4) is 0 Å². The Morgan fingerprint density at radius 3 is 2.19 bits per heavy atom. The average molecular weight is 603 g/mol. The lowest BCUT2D eigenvalue weighted by molar-refractivity contribution is -0.141. The van der Waals surface area contributed by atoms with Gasteiger partial charge in [-0.3, -0.25) is 24.0 Å². The van der Waals surface area contributed by atoms with E-state index < -0.39 is 72.4 Å². The maximum atomic E-state index is 13.6. The molecular weight excluding hydrogens is 558 g/mol. The number of unbranched alkanes of at least 4 members (excludes halogenated alkanes) is 1. The molecule has 2 rings (SSSR count). The lowest BCUT2D eigenvalue weighted by atomic mass is 9.94. The lowest BCUT2D eigenvalue weighted by Crippen LogP contribution is -2.59. The van der Waals surface area contributed by atoms with Gasteiger partial charge in [0.1, 0.15) is 12.1 Å². The van der Waals surface area contributed by atoms with Gasteiger partial charge in [-0.2, -0.15) is 0 Å². The molecule has 0 aromatic heterocycles. The van der Waals surface area contributed by atoms with E-state index >= 15 is 0 Å². The Labute approximate surface area is 244 Å². The highest BCUT2D eigenvalue weighted by Crippen LogP contribution is 2.27. The number of nitrogens with zero attached hydrogens (tertiary/aromatic N) is 1. The van der Waals surface area contributed by atoms with Gasteiger partial charge in [-0.25, -0.2) is 13.6 Å². The van der Waals surface area contributed by atoms with E-state index in [2.05, 4.69) is 26.6 Å². The van der Waals surface area contributed by atoms with Crippen molar-refractivity contribution >= 4 is 35.5 Å². The van der Waals surface area contributed by atoms with E-state index in [1.807, 2.05) is 6.92 Å². The zero-order valence-corrected chi connectivity index (χ0v) is 24.5. The van der Waals surface area contributed by atoms with Gasteiger partial charge in [-0.1, -0.05) is 27.2 Å². The number of piperidine rings is 1. The van der Waals surface area contributed by atoms with Crippen LogP contribution in [0.25, 0.3) is 0 Å². The first kappa shape index (κ1) is 34.8. The summed E-state index contributed by atoms with van der Waals surface area (Å²) in [7, 11) is 0. The first-order valence-corrected chi connectivity index (χ1v) is 14.5. The Morgan fingerprint density at radius 2 is 1.64 bits per heavy atom. The molecule has 2 saturated heterocycles. The van der Waals surface area contributed by atoms with Crippen LogP contribution >= 0.6 is 0 Å². The van der Waals surface area contributed by atoms with E-state index in [4.69, 9.17) is 0 Å². The molecule has 5 amide bonds. The number of halogens is 2. The van der Waals surface area contributed by atoms with Gasteiger partial charge in [0, 0.05) is 51.5 Å². The van der Waals surface area contributed by atoms with Gasteiger partial charge in [0.2, 0.25) is 23.5 Å². The monoisotopic (exact) mass is 602 g/mol. The van der Waals surface area contributed by atoms with E-state index in [9.17, 15) is 42.7 Å².